The minimum absolute atomic E-state index is 0.130. The summed E-state index contributed by atoms with van der Waals surface area (Å²) in [6, 6.07) is 10.3. The maximum atomic E-state index is 12.7. The molecule has 0 spiro atoms. The van der Waals surface area contributed by atoms with Gasteiger partial charge in [-0.05, 0) is 11.6 Å². The summed E-state index contributed by atoms with van der Waals surface area (Å²) in [5, 5.41) is 0. The molecule has 0 saturated heterocycles. The Labute approximate surface area is 107 Å². The van der Waals surface area contributed by atoms with Crippen LogP contribution in [0.3, 0.4) is 0 Å². The zero-order valence-corrected chi connectivity index (χ0v) is 10.3. The lowest BCUT2D eigenvalue weighted by Crippen LogP contribution is -1.99. The number of alkyl halides is 2. The molecule has 2 aromatic rings. The summed E-state index contributed by atoms with van der Waals surface area (Å²) in [5.41, 5.74) is 1.21. The summed E-state index contributed by atoms with van der Waals surface area (Å²) in [4.78, 5) is 11.7. The monoisotopic (exact) mass is 268 g/mol. The van der Waals surface area contributed by atoms with E-state index in [0.717, 1.165) is 16.9 Å². The first-order chi connectivity index (χ1) is 8.63. The number of hydrogen-bond donors (Lipinski definition) is 0. The third-order valence-corrected chi connectivity index (χ3v) is 3.54. The minimum atomic E-state index is -2.59. The molecular formula is C13H10F2O2S. The van der Waals surface area contributed by atoms with Crippen molar-refractivity contribution in [2.24, 2.45) is 0 Å². The van der Waals surface area contributed by atoms with Gasteiger partial charge in [-0.3, -0.25) is 0 Å². The summed E-state index contributed by atoms with van der Waals surface area (Å²) in [7, 11) is 1.23. The van der Waals surface area contributed by atoms with Crippen LogP contribution in [0, 0.1) is 0 Å². The van der Waals surface area contributed by atoms with Crippen molar-refractivity contribution in [3.63, 3.8) is 0 Å². The van der Waals surface area contributed by atoms with E-state index < -0.39 is 12.4 Å². The highest BCUT2D eigenvalue weighted by atomic mass is 32.1. The number of methoxy groups -OCH3 is 1. The molecule has 0 saturated carbocycles. The largest absolute Gasteiger partial charge is 0.465 e. The van der Waals surface area contributed by atoms with Crippen LogP contribution in [0.1, 0.15) is 21.0 Å². The van der Waals surface area contributed by atoms with Crippen LogP contribution in [0.2, 0.25) is 0 Å². The first-order valence-electron chi connectivity index (χ1n) is 5.19. The molecule has 1 heterocycles. The molecule has 0 bridgehead atoms. The second kappa shape index (κ2) is 5.27. The number of carbonyl (C=O) groups is 1. The van der Waals surface area contributed by atoms with E-state index in [-0.39, 0.29) is 9.75 Å². The van der Waals surface area contributed by atoms with Crippen molar-refractivity contribution in [1.29, 1.82) is 0 Å². The highest BCUT2D eigenvalue weighted by Gasteiger charge is 2.21. The molecule has 1 aromatic carbocycles. The maximum absolute atomic E-state index is 12.7. The molecule has 0 aliphatic heterocycles. The second-order valence-corrected chi connectivity index (χ2v) is 4.63. The van der Waals surface area contributed by atoms with Crippen LogP contribution in [0.25, 0.3) is 11.1 Å². The van der Waals surface area contributed by atoms with E-state index in [1.54, 1.807) is 24.3 Å². The molecule has 0 N–H and O–H groups in total. The number of benzene rings is 1. The highest BCUT2D eigenvalue weighted by molar-refractivity contribution is 7.14. The number of halogens is 2. The molecule has 0 atom stereocenters. The van der Waals surface area contributed by atoms with Crippen molar-refractivity contribution in [1.82, 2.24) is 0 Å². The normalized spacial score (nSPS) is 10.7. The average molecular weight is 268 g/mol. The van der Waals surface area contributed by atoms with Gasteiger partial charge in [0.15, 0.2) is 0 Å². The molecular weight excluding hydrogens is 258 g/mol. The lowest BCUT2D eigenvalue weighted by atomic mass is 10.1. The summed E-state index contributed by atoms with van der Waals surface area (Å²) in [5.74, 6) is -0.592. The molecule has 0 fully saturated rings. The van der Waals surface area contributed by atoms with Crippen LogP contribution in [-0.4, -0.2) is 13.1 Å². The summed E-state index contributed by atoms with van der Waals surface area (Å²) in [6.07, 6.45) is -2.59. The quantitative estimate of drug-likeness (QED) is 0.782. The number of esters is 1. The fraction of sp³-hybridized carbons (Fsp3) is 0.154. The lowest BCUT2D eigenvalue weighted by molar-refractivity contribution is 0.0607. The Morgan fingerprint density at radius 1 is 1.28 bits per heavy atom. The van der Waals surface area contributed by atoms with E-state index in [9.17, 15) is 13.6 Å². The van der Waals surface area contributed by atoms with Crippen molar-refractivity contribution in [2.45, 2.75) is 6.43 Å². The second-order valence-electron chi connectivity index (χ2n) is 3.55. The predicted molar refractivity (Wildman–Crippen MR) is 66.1 cm³/mol. The molecule has 0 radical (unpaired) electrons. The first kappa shape index (κ1) is 12.7. The molecule has 1 aromatic heterocycles. The van der Waals surface area contributed by atoms with Crippen LogP contribution in [-0.2, 0) is 4.74 Å². The van der Waals surface area contributed by atoms with E-state index >= 15 is 0 Å². The molecule has 94 valence electrons. The topological polar surface area (TPSA) is 26.3 Å². The lowest BCUT2D eigenvalue weighted by Gasteiger charge is -2.01. The van der Waals surface area contributed by atoms with Crippen LogP contribution in [0.5, 0.6) is 0 Å². The molecule has 18 heavy (non-hydrogen) atoms. The number of rotatable bonds is 3. The van der Waals surface area contributed by atoms with E-state index in [4.69, 9.17) is 0 Å². The van der Waals surface area contributed by atoms with Gasteiger partial charge in [0.05, 0.1) is 12.0 Å². The van der Waals surface area contributed by atoms with Gasteiger partial charge in [0, 0.05) is 5.56 Å². The minimum Gasteiger partial charge on any atom is -0.465 e. The van der Waals surface area contributed by atoms with Crippen LogP contribution >= 0.6 is 11.3 Å². The fourth-order valence-corrected chi connectivity index (χ4v) is 2.55. The molecule has 0 aliphatic carbocycles. The fourth-order valence-electron chi connectivity index (χ4n) is 1.59. The van der Waals surface area contributed by atoms with Gasteiger partial charge in [-0.25, -0.2) is 13.6 Å². The van der Waals surface area contributed by atoms with Gasteiger partial charge < -0.3 is 4.74 Å². The smallest absolute Gasteiger partial charge is 0.348 e. The Bertz CT molecular complexity index is 549. The summed E-state index contributed by atoms with van der Waals surface area (Å²) < 4.78 is 30.0. The van der Waals surface area contributed by atoms with Gasteiger partial charge in [-0.2, -0.15) is 0 Å². The first-order valence-corrected chi connectivity index (χ1v) is 6.00. The third-order valence-electron chi connectivity index (χ3n) is 2.42. The Balaban J connectivity index is 2.54. The van der Waals surface area contributed by atoms with Crippen LogP contribution in [0.15, 0.2) is 36.4 Å². The maximum Gasteiger partial charge on any atom is 0.348 e. The number of carbonyl (C=O) groups excluding carboxylic acids is 1. The molecule has 0 unspecified atom stereocenters. The summed E-state index contributed by atoms with van der Waals surface area (Å²) in [6.45, 7) is 0. The van der Waals surface area contributed by atoms with Crippen molar-refractivity contribution in [3.05, 3.63) is 46.2 Å². The van der Waals surface area contributed by atoms with Gasteiger partial charge in [-0.1, -0.05) is 30.3 Å². The molecule has 2 rings (SSSR count). The van der Waals surface area contributed by atoms with E-state index in [1.807, 2.05) is 6.07 Å². The highest BCUT2D eigenvalue weighted by Crippen LogP contribution is 2.36. The number of hydrogen-bond acceptors (Lipinski definition) is 3. The van der Waals surface area contributed by atoms with Crippen LogP contribution < -0.4 is 0 Å². The van der Waals surface area contributed by atoms with E-state index in [0.29, 0.717) is 5.56 Å². The standard InChI is InChI=1S/C13H10F2O2S/c1-17-13(16)11-9(7-10(18-11)12(14)15)8-5-3-2-4-6-8/h2-7,12H,1H3. The van der Waals surface area contributed by atoms with Crippen molar-refractivity contribution in [2.75, 3.05) is 7.11 Å². The van der Waals surface area contributed by atoms with E-state index in [1.165, 1.54) is 13.2 Å². The van der Waals surface area contributed by atoms with Crippen molar-refractivity contribution in [3.8, 4) is 11.1 Å². The Morgan fingerprint density at radius 3 is 2.50 bits per heavy atom. The average Bonchev–Trinajstić information content (AvgIpc) is 2.84. The zero-order chi connectivity index (χ0) is 13.1. The molecule has 5 heteroatoms. The Hall–Kier alpha value is -1.75. The Kier molecular flexibility index (Phi) is 3.72. The van der Waals surface area contributed by atoms with Gasteiger partial charge in [0.2, 0.25) is 0 Å². The van der Waals surface area contributed by atoms with Gasteiger partial charge in [0.1, 0.15) is 4.88 Å². The SMILES string of the molecule is COC(=O)c1sc(C(F)F)cc1-c1ccccc1. The van der Waals surface area contributed by atoms with Gasteiger partial charge in [-0.15, -0.1) is 11.3 Å². The van der Waals surface area contributed by atoms with E-state index in [2.05, 4.69) is 4.74 Å². The molecule has 0 aliphatic rings. The van der Waals surface area contributed by atoms with Crippen molar-refractivity contribution >= 4 is 17.3 Å². The number of ether oxygens (including phenoxy) is 1. The third kappa shape index (κ3) is 2.41. The molecule has 2 nitrogen and oxygen atoms in total. The van der Waals surface area contributed by atoms with Gasteiger partial charge in [0.25, 0.3) is 6.43 Å². The van der Waals surface area contributed by atoms with Crippen molar-refractivity contribution < 1.29 is 18.3 Å². The molecule has 0 amide bonds. The predicted octanol–water partition coefficient (Wildman–Crippen LogP) is 4.14. The zero-order valence-electron chi connectivity index (χ0n) is 9.52. The Morgan fingerprint density at radius 2 is 1.94 bits per heavy atom. The summed E-state index contributed by atoms with van der Waals surface area (Å²) >= 11 is 0.771. The number of thiophene rings is 1. The van der Waals surface area contributed by atoms with Crippen LogP contribution in [0.4, 0.5) is 8.78 Å². The van der Waals surface area contributed by atoms with Gasteiger partial charge >= 0.3 is 5.97 Å².